The fourth-order valence-corrected chi connectivity index (χ4v) is 1.76. The third kappa shape index (κ3) is 4.10. The summed E-state index contributed by atoms with van der Waals surface area (Å²) < 4.78 is 0. The number of rotatable bonds is 5. The van der Waals surface area contributed by atoms with Crippen LogP contribution in [0.15, 0.2) is 36.7 Å². The number of hydrogen-bond acceptors (Lipinski definition) is 4. The van der Waals surface area contributed by atoms with Crippen LogP contribution in [0.4, 0.5) is 17.3 Å². The Hall–Kier alpha value is -1.81. The highest BCUT2D eigenvalue weighted by Gasteiger charge is 2.03. The zero-order valence-corrected chi connectivity index (χ0v) is 11.8. The molecule has 2 aromatic rings. The molecule has 5 heteroatoms. The number of benzene rings is 1. The Labute approximate surface area is 118 Å². The monoisotopic (exact) mass is 276 g/mol. The maximum Gasteiger partial charge on any atom is 0.135 e. The molecule has 0 spiro atoms. The lowest BCUT2D eigenvalue weighted by molar-refractivity contribution is 0.758. The number of hydrogen-bond donors (Lipinski definition) is 2. The predicted molar refractivity (Wildman–Crippen MR) is 80.1 cm³/mol. The number of nitrogens with one attached hydrogen (secondary N) is 2. The van der Waals surface area contributed by atoms with Gasteiger partial charge in [0.25, 0.3) is 0 Å². The summed E-state index contributed by atoms with van der Waals surface area (Å²) in [5, 5.41) is 7.20. The highest BCUT2D eigenvalue weighted by Crippen LogP contribution is 2.20. The van der Waals surface area contributed by atoms with Gasteiger partial charge in [0.15, 0.2) is 0 Å². The molecule has 2 rings (SSSR count). The smallest absolute Gasteiger partial charge is 0.135 e. The van der Waals surface area contributed by atoms with Gasteiger partial charge in [0, 0.05) is 22.8 Å². The second-order valence-corrected chi connectivity index (χ2v) is 4.81. The SMILES string of the molecule is CCC(C)Nc1cc(Nc2cccc(Cl)c2)ncn1. The predicted octanol–water partition coefficient (Wildman–Crippen LogP) is 4.08. The molecule has 1 aromatic heterocycles. The summed E-state index contributed by atoms with van der Waals surface area (Å²) in [6, 6.07) is 9.79. The van der Waals surface area contributed by atoms with Crippen molar-refractivity contribution >= 4 is 28.9 Å². The third-order valence-electron chi connectivity index (χ3n) is 2.77. The van der Waals surface area contributed by atoms with Crippen molar-refractivity contribution in [2.24, 2.45) is 0 Å². The highest BCUT2D eigenvalue weighted by atomic mass is 35.5. The van der Waals surface area contributed by atoms with Crippen LogP contribution < -0.4 is 10.6 Å². The number of nitrogens with zero attached hydrogens (tertiary/aromatic N) is 2. The third-order valence-corrected chi connectivity index (χ3v) is 3.01. The quantitative estimate of drug-likeness (QED) is 0.864. The van der Waals surface area contributed by atoms with Crippen LogP contribution in [0.1, 0.15) is 20.3 Å². The summed E-state index contributed by atoms with van der Waals surface area (Å²) in [5.41, 5.74) is 0.903. The van der Waals surface area contributed by atoms with E-state index in [2.05, 4.69) is 34.4 Å². The van der Waals surface area contributed by atoms with E-state index in [1.807, 2.05) is 30.3 Å². The zero-order chi connectivity index (χ0) is 13.7. The lowest BCUT2D eigenvalue weighted by Gasteiger charge is -2.13. The Morgan fingerprint density at radius 1 is 1.21 bits per heavy atom. The molecule has 0 radical (unpaired) electrons. The summed E-state index contributed by atoms with van der Waals surface area (Å²) in [4.78, 5) is 8.39. The van der Waals surface area contributed by atoms with E-state index < -0.39 is 0 Å². The van der Waals surface area contributed by atoms with Crippen LogP contribution in [0.3, 0.4) is 0 Å². The van der Waals surface area contributed by atoms with Crippen LogP contribution in [0.2, 0.25) is 5.02 Å². The fourth-order valence-electron chi connectivity index (χ4n) is 1.57. The molecule has 0 saturated carbocycles. The van der Waals surface area contributed by atoms with Gasteiger partial charge in [0.1, 0.15) is 18.0 Å². The first-order valence-corrected chi connectivity index (χ1v) is 6.66. The van der Waals surface area contributed by atoms with Crippen LogP contribution in [0.25, 0.3) is 0 Å². The number of aromatic nitrogens is 2. The molecule has 1 unspecified atom stereocenters. The molecule has 0 fully saturated rings. The Bertz CT molecular complexity index is 544. The molecule has 100 valence electrons. The molecule has 0 aliphatic carbocycles. The maximum atomic E-state index is 5.94. The average Bonchev–Trinajstić information content (AvgIpc) is 2.39. The first-order chi connectivity index (χ1) is 9.17. The Kier molecular flexibility index (Phi) is 4.58. The van der Waals surface area contributed by atoms with E-state index in [-0.39, 0.29) is 0 Å². The molecule has 1 heterocycles. The van der Waals surface area contributed by atoms with Crippen molar-refractivity contribution in [1.82, 2.24) is 9.97 Å². The van der Waals surface area contributed by atoms with Crippen molar-refractivity contribution in [3.8, 4) is 0 Å². The van der Waals surface area contributed by atoms with Crippen molar-refractivity contribution in [2.45, 2.75) is 26.3 Å². The van der Waals surface area contributed by atoms with E-state index in [1.165, 1.54) is 6.33 Å². The standard InChI is InChI=1S/C14H17ClN4/c1-3-10(2)18-13-8-14(17-9-16-13)19-12-6-4-5-11(15)7-12/h4-10H,3H2,1-2H3,(H2,16,17,18,19). The van der Waals surface area contributed by atoms with Crippen molar-refractivity contribution in [2.75, 3.05) is 10.6 Å². The summed E-state index contributed by atoms with van der Waals surface area (Å²) >= 11 is 5.94. The average molecular weight is 277 g/mol. The number of halogens is 1. The van der Waals surface area contributed by atoms with Crippen LogP contribution in [-0.4, -0.2) is 16.0 Å². The first-order valence-electron chi connectivity index (χ1n) is 6.28. The van der Waals surface area contributed by atoms with E-state index >= 15 is 0 Å². The first kappa shape index (κ1) is 13.6. The lowest BCUT2D eigenvalue weighted by atomic mass is 10.2. The highest BCUT2D eigenvalue weighted by molar-refractivity contribution is 6.30. The molecule has 0 saturated heterocycles. The minimum Gasteiger partial charge on any atom is -0.367 e. The van der Waals surface area contributed by atoms with Crippen molar-refractivity contribution in [3.05, 3.63) is 41.7 Å². The Balaban J connectivity index is 2.10. The summed E-state index contributed by atoms with van der Waals surface area (Å²) in [7, 11) is 0. The van der Waals surface area contributed by atoms with Crippen LogP contribution in [0.5, 0.6) is 0 Å². The van der Waals surface area contributed by atoms with Crippen LogP contribution in [0, 0.1) is 0 Å². The van der Waals surface area contributed by atoms with Gasteiger partial charge in [-0.1, -0.05) is 24.6 Å². The summed E-state index contributed by atoms with van der Waals surface area (Å²) in [6.07, 6.45) is 2.58. The van der Waals surface area contributed by atoms with Crippen LogP contribution in [-0.2, 0) is 0 Å². The molecule has 4 nitrogen and oxygen atoms in total. The molecule has 19 heavy (non-hydrogen) atoms. The summed E-state index contributed by atoms with van der Waals surface area (Å²) in [6.45, 7) is 4.25. The van der Waals surface area contributed by atoms with Crippen LogP contribution >= 0.6 is 11.6 Å². The minimum absolute atomic E-state index is 0.383. The summed E-state index contributed by atoms with van der Waals surface area (Å²) in [5.74, 6) is 1.55. The molecule has 1 atom stereocenters. The number of anilines is 3. The molecular weight excluding hydrogens is 260 g/mol. The normalized spacial score (nSPS) is 11.9. The maximum absolute atomic E-state index is 5.94. The van der Waals surface area contributed by atoms with Gasteiger partial charge in [0.05, 0.1) is 0 Å². The van der Waals surface area contributed by atoms with Gasteiger partial charge in [-0.3, -0.25) is 0 Å². The Morgan fingerprint density at radius 3 is 2.74 bits per heavy atom. The van der Waals surface area contributed by atoms with E-state index in [0.29, 0.717) is 11.1 Å². The molecule has 0 bridgehead atoms. The second kappa shape index (κ2) is 6.38. The van der Waals surface area contributed by atoms with Gasteiger partial charge in [-0.2, -0.15) is 0 Å². The molecule has 0 aliphatic rings. The topological polar surface area (TPSA) is 49.8 Å². The van der Waals surface area contributed by atoms with Crippen molar-refractivity contribution < 1.29 is 0 Å². The van der Waals surface area contributed by atoms with E-state index in [1.54, 1.807) is 0 Å². The molecule has 0 amide bonds. The molecular formula is C14H17ClN4. The fraction of sp³-hybridized carbons (Fsp3) is 0.286. The van der Waals surface area contributed by atoms with Gasteiger partial charge >= 0.3 is 0 Å². The van der Waals surface area contributed by atoms with Gasteiger partial charge < -0.3 is 10.6 Å². The van der Waals surface area contributed by atoms with Gasteiger partial charge in [-0.25, -0.2) is 9.97 Å². The van der Waals surface area contributed by atoms with Crippen molar-refractivity contribution in [1.29, 1.82) is 0 Å². The second-order valence-electron chi connectivity index (χ2n) is 4.38. The Morgan fingerprint density at radius 2 is 2.00 bits per heavy atom. The van der Waals surface area contributed by atoms with Crippen molar-refractivity contribution in [3.63, 3.8) is 0 Å². The zero-order valence-electron chi connectivity index (χ0n) is 11.0. The minimum atomic E-state index is 0.383. The largest absolute Gasteiger partial charge is 0.367 e. The molecule has 2 N–H and O–H groups in total. The lowest BCUT2D eigenvalue weighted by Crippen LogP contribution is -2.14. The van der Waals surface area contributed by atoms with Gasteiger partial charge in [-0.15, -0.1) is 0 Å². The molecule has 0 aliphatic heterocycles. The van der Waals surface area contributed by atoms with Gasteiger partial charge in [0.2, 0.25) is 0 Å². The van der Waals surface area contributed by atoms with E-state index in [4.69, 9.17) is 11.6 Å². The molecule has 1 aromatic carbocycles. The van der Waals surface area contributed by atoms with Gasteiger partial charge in [-0.05, 0) is 31.5 Å². The van der Waals surface area contributed by atoms with E-state index in [0.717, 1.165) is 23.7 Å². The van der Waals surface area contributed by atoms with E-state index in [9.17, 15) is 0 Å².